The van der Waals surface area contributed by atoms with Crippen molar-refractivity contribution in [2.75, 3.05) is 11.4 Å². The van der Waals surface area contributed by atoms with Crippen molar-refractivity contribution in [2.45, 2.75) is 19.8 Å². The summed E-state index contributed by atoms with van der Waals surface area (Å²) in [6, 6.07) is 15.8. The summed E-state index contributed by atoms with van der Waals surface area (Å²) >= 11 is 0. The van der Waals surface area contributed by atoms with E-state index in [0.717, 1.165) is 24.1 Å². The van der Waals surface area contributed by atoms with Crippen molar-refractivity contribution in [3.8, 4) is 0 Å². The van der Waals surface area contributed by atoms with E-state index in [2.05, 4.69) is 12.1 Å². The first-order valence-corrected chi connectivity index (χ1v) is 7.17. The second kappa shape index (κ2) is 5.52. The van der Waals surface area contributed by atoms with Crippen molar-refractivity contribution in [1.82, 2.24) is 0 Å². The molecule has 3 heteroatoms. The van der Waals surface area contributed by atoms with Gasteiger partial charge in [0.2, 0.25) is 0 Å². The highest BCUT2D eigenvalue weighted by Gasteiger charge is 2.35. The van der Waals surface area contributed by atoms with Crippen molar-refractivity contribution < 1.29 is 9.59 Å². The molecule has 2 aromatic carbocycles. The van der Waals surface area contributed by atoms with Crippen LogP contribution < -0.4 is 4.90 Å². The maximum Gasteiger partial charge on any atom is 0.299 e. The van der Waals surface area contributed by atoms with E-state index in [1.165, 1.54) is 5.56 Å². The van der Waals surface area contributed by atoms with E-state index in [0.29, 0.717) is 12.1 Å². The molecule has 106 valence electrons. The van der Waals surface area contributed by atoms with Gasteiger partial charge in [0.15, 0.2) is 0 Å². The first kappa shape index (κ1) is 13.6. The summed E-state index contributed by atoms with van der Waals surface area (Å²) < 4.78 is 0. The smallest absolute Gasteiger partial charge is 0.299 e. The summed E-state index contributed by atoms with van der Waals surface area (Å²) in [5.74, 6) is -0.780. The molecule has 0 atom stereocenters. The number of benzene rings is 2. The minimum atomic E-state index is -0.399. The first-order chi connectivity index (χ1) is 10.2. The lowest BCUT2D eigenvalue weighted by Crippen LogP contribution is -2.30. The zero-order chi connectivity index (χ0) is 14.8. The van der Waals surface area contributed by atoms with Gasteiger partial charge in [0, 0.05) is 6.54 Å². The van der Waals surface area contributed by atoms with Crippen LogP contribution in [0.3, 0.4) is 0 Å². The van der Waals surface area contributed by atoms with Gasteiger partial charge in [-0.25, -0.2) is 0 Å². The maximum absolute atomic E-state index is 12.1. The van der Waals surface area contributed by atoms with Gasteiger partial charge >= 0.3 is 0 Å². The molecule has 0 saturated carbocycles. The molecule has 1 amide bonds. The minimum absolute atomic E-state index is 0.381. The molecule has 1 aliphatic rings. The number of carbonyl (C=O) groups is 2. The number of ketones is 1. The van der Waals surface area contributed by atoms with Crippen LogP contribution in [0.25, 0.3) is 0 Å². The summed E-state index contributed by atoms with van der Waals surface area (Å²) in [6.45, 7) is 2.51. The molecule has 0 aromatic heterocycles. The summed E-state index contributed by atoms with van der Waals surface area (Å²) in [4.78, 5) is 25.7. The number of anilines is 1. The summed E-state index contributed by atoms with van der Waals surface area (Å²) in [7, 11) is 0. The van der Waals surface area contributed by atoms with E-state index in [-0.39, 0.29) is 5.78 Å². The lowest BCUT2D eigenvalue weighted by Gasteiger charge is -2.16. The quantitative estimate of drug-likeness (QED) is 0.806. The van der Waals surface area contributed by atoms with Gasteiger partial charge in [0.05, 0.1) is 11.3 Å². The fraction of sp³-hybridized carbons (Fsp3) is 0.222. The van der Waals surface area contributed by atoms with E-state index in [9.17, 15) is 9.59 Å². The van der Waals surface area contributed by atoms with E-state index in [4.69, 9.17) is 0 Å². The van der Waals surface area contributed by atoms with Gasteiger partial charge < -0.3 is 4.90 Å². The molecular weight excluding hydrogens is 262 g/mol. The zero-order valence-electron chi connectivity index (χ0n) is 12.0. The number of fused-ring (bicyclic) bond motifs is 1. The third-order valence-electron chi connectivity index (χ3n) is 3.82. The third kappa shape index (κ3) is 2.59. The number of carbonyl (C=O) groups excluding carboxylic acids is 2. The van der Waals surface area contributed by atoms with Crippen molar-refractivity contribution in [1.29, 1.82) is 0 Å². The molecule has 0 spiro atoms. The Morgan fingerprint density at radius 1 is 1.00 bits per heavy atom. The maximum atomic E-state index is 12.1. The Labute approximate surface area is 124 Å². The largest absolute Gasteiger partial charge is 0.305 e. The minimum Gasteiger partial charge on any atom is -0.305 e. The van der Waals surface area contributed by atoms with Crippen LogP contribution in [0.2, 0.25) is 0 Å². The molecule has 0 bridgehead atoms. The van der Waals surface area contributed by atoms with Gasteiger partial charge in [-0.05, 0) is 37.5 Å². The van der Waals surface area contributed by atoms with Crippen molar-refractivity contribution in [3.05, 3.63) is 65.2 Å². The number of aryl methyl sites for hydroxylation is 2. The van der Waals surface area contributed by atoms with Crippen LogP contribution in [0.4, 0.5) is 5.69 Å². The Balaban J connectivity index is 1.72. The van der Waals surface area contributed by atoms with Crippen molar-refractivity contribution >= 4 is 17.4 Å². The SMILES string of the molecule is Cc1ccc2c(c1)C(=O)C(=O)N2CCCc1ccccc1. The fourth-order valence-corrected chi connectivity index (χ4v) is 2.72. The lowest BCUT2D eigenvalue weighted by molar-refractivity contribution is -0.114. The summed E-state index contributed by atoms with van der Waals surface area (Å²) in [5.41, 5.74) is 3.55. The molecule has 2 aromatic rings. The number of Topliss-reactive ketones (excluding diaryl/α,β-unsaturated/α-hetero) is 1. The van der Waals surface area contributed by atoms with Gasteiger partial charge in [-0.15, -0.1) is 0 Å². The normalized spacial score (nSPS) is 13.7. The molecule has 0 unspecified atom stereocenters. The number of nitrogens with zero attached hydrogens (tertiary/aromatic N) is 1. The Morgan fingerprint density at radius 2 is 1.76 bits per heavy atom. The van der Waals surface area contributed by atoms with Crippen LogP contribution in [0.15, 0.2) is 48.5 Å². The number of amides is 1. The zero-order valence-corrected chi connectivity index (χ0v) is 12.0. The number of hydrogen-bond donors (Lipinski definition) is 0. The summed E-state index contributed by atoms with van der Waals surface area (Å²) in [5, 5.41) is 0. The van der Waals surface area contributed by atoms with Crippen LogP contribution in [0, 0.1) is 6.92 Å². The van der Waals surface area contributed by atoms with Gasteiger partial charge in [-0.2, -0.15) is 0 Å². The Hall–Kier alpha value is -2.42. The standard InChI is InChI=1S/C18H17NO2/c1-13-9-10-16-15(12-13)17(20)18(21)19(16)11-5-8-14-6-3-2-4-7-14/h2-4,6-7,9-10,12H,5,8,11H2,1H3. The van der Waals surface area contributed by atoms with Crippen LogP contribution in [-0.2, 0) is 11.2 Å². The molecule has 3 rings (SSSR count). The molecule has 3 nitrogen and oxygen atoms in total. The van der Waals surface area contributed by atoms with Gasteiger partial charge in [-0.1, -0.05) is 42.0 Å². The Kier molecular flexibility index (Phi) is 3.57. The predicted octanol–water partition coefficient (Wildman–Crippen LogP) is 3.16. The summed E-state index contributed by atoms with van der Waals surface area (Å²) in [6.07, 6.45) is 1.75. The molecule has 0 fully saturated rings. The molecule has 0 aliphatic carbocycles. The van der Waals surface area contributed by atoms with Crippen LogP contribution in [0.1, 0.15) is 27.9 Å². The Bertz CT molecular complexity index is 692. The van der Waals surface area contributed by atoms with E-state index >= 15 is 0 Å². The van der Waals surface area contributed by atoms with Crippen LogP contribution in [-0.4, -0.2) is 18.2 Å². The number of hydrogen-bond acceptors (Lipinski definition) is 2. The second-order valence-electron chi connectivity index (χ2n) is 5.40. The van der Waals surface area contributed by atoms with Gasteiger partial charge in [-0.3, -0.25) is 9.59 Å². The second-order valence-corrected chi connectivity index (χ2v) is 5.40. The van der Waals surface area contributed by atoms with E-state index in [1.54, 1.807) is 11.0 Å². The molecule has 0 saturated heterocycles. The highest BCUT2D eigenvalue weighted by Crippen LogP contribution is 2.29. The predicted molar refractivity (Wildman–Crippen MR) is 82.6 cm³/mol. The monoisotopic (exact) mass is 279 g/mol. The highest BCUT2D eigenvalue weighted by molar-refractivity contribution is 6.52. The molecule has 1 heterocycles. The first-order valence-electron chi connectivity index (χ1n) is 7.17. The number of rotatable bonds is 4. The topological polar surface area (TPSA) is 37.4 Å². The van der Waals surface area contributed by atoms with Crippen LogP contribution >= 0.6 is 0 Å². The average molecular weight is 279 g/mol. The molecular formula is C18H17NO2. The lowest BCUT2D eigenvalue weighted by atomic mass is 10.1. The molecule has 1 aliphatic heterocycles. The van der Waals surface area contributed by atoms with Crippen molar-refractivity contribution in [3.63, 3.8) is 0 Å². The van der Waals surface area contributed by atoms with E-state index < -0.39 is 5.91 Å². The molecule has 21 heavy (non-hydrogen) atoms. The molecule has 0 N–H and O–H groups in total. The van der Waals surface area contributed by atoms with Crippen molar-refractivity contribution in [2.24, 2.45) is 0 Å². The highest BCUT2D eigenvalue weighted by atomic mass is 16.2. The average Bonchev–Trinajstić information content (AvgIpc) is 2.73. The third-order valence-corrected chi connectivity index (χ3v) is 3.82. The van der Waals surface area contributed by atoms with Crippen LogP contribution in [0.5, 0.6) is 0 Å². The van der Waals surface area contributed by atoms with E-state index in [1.807, 2.05) is 37.3 Å². The van der Waals surface area contributed by atoms with Gasteiger partial charge in [0.1, 0.15) is 0 Å². The fourth-order valence-electron chi connectivity index (χ4n) is 2.72. The molecule has 0 radical (unpaired) electrons. The Morgan fingerprint density at radius 3 is 2.52 bits per heavy atom. The van der Waals surface area contributed by atoms with Gasteiger partial charge in [0.25, 0.3) is 11.7 Å².